The summed E-state index contributed by atoms with van der Waals surface area (Å²) in [5, 5.41) is 19.9. The lowest BCUT2D eigenvalue weighted by Crippen LogP contribution is -2.36. The Morgan fingerprint density at radius 1 is 1.31 bits per heavy atom. The summed E-state index contributed by atoms with van der Waals surface area (Å²) in [6, 6.07) is 7.35. The summed E-state index contributed by atoms with van der Waals surface area (Å²) in [6.07, 6.45) is 5.95. The van der Waals surface area contributed by atoms with Crippen molar-refractivity contribution in [2.24, 2.45) is 0 Å². The van der Waals surface area contributed by atoms with Gasteiger partial charge in [0.2, 0.25) is 10.0 Å². The fourth-order valence-corrected chi connectivity index (χ4v) is 5.79. The molecule has 2 atom stereocenters. The van der Waals surface area contributed by atoms with Crippen molar-refractivity contribution in [3.8, 4) is 5.75 Å². The number of carboxylic acid groups (broad SMARTS) is 1. The fourth-order valence-electron chi connectivity index (χ4n) is 4.27. The number of H-pyrrole nitrogens is 1. The zero-order valence-corrected chi connectivity index (χ0v) is 20.5. The number of fused-ring (bicyclic) bond motifs is 1. The van der Waals surface area contributed by atoms with Crippen LogP contribution < -0.4 is 4.74 Å². The molecular formula is C24H29N5O5S. The van der Waals surface area contributed by atoms with E-state index in [1.807, 2.05) is 32.0 Å². The molecule has 11 heteroatoms. The predicted molar refractivity (Wildman–Crippen MR) is 127 cm³/mol. The van der Waals surface area contributed by atoms with Gasteiger partial charge in [0.15, 0.2) is 0 Å². The van der Waals surface area contributed by atoms with E-state index in [1.54, 1.807) is 12.3 Å². The molecule has 0 aliphatic carbocycles. The Hall–Kier alpha value is -3.31. The van der Waals surface area contributed by atoms with Crippen LogP contribution in [0.4, 0.5) is 0 Å². The molecule has 1 aliphatic heterocycles. The van der Waals surface area contributed by atoms with Crippen molar-refractivity contribution in [2.45, 2.75) is 63.0 Å². The van der Waals surface area contributed by atoms with E-state index in [0.29, 0.717) is 25.0 Å². The molecule has 0 fully saturated rings. The maximum Gasteiger partial charge on any atom is 0.303 e. The average molecular weight is 500 g/mol. The molecular weight excluding hydrogens is 470 g/mol. The highest BCUT2D eigenvalue weighted by Gasteiger charge is 2.34. The van der Waals surface area contributed by atoms with Crippen LogP contribution in [-0.2, 0) is 27.8 Å². The second kappa shape index (κ2) is 10.5. The molecule has 1 aliphatic rings. The van der Waals surface area contributed by atoms with E-state index in [1.165, 1.54) is 16.7 Å². The zero-order chi connectivity index (χ0) is 25.0. The SMILES string of the molecule is CC[C@@H]1CN(Cc2cc(C(CCc3cn[nH]n3)CC(=O)O)ccc2C)S(=O)(=O)c2cnccc2O1. The van der Waals surface area contributed by atoms with E-state index in [0.717, 1.165) is 22.4 Å². The number of aromatic nitrogens is 4. The number of aliphatic carboxylic acids is 1. The number of hydrogen-bond acceptors (Lipinski definition) is 7. The molecule has 2 N–H and O–H groups in total. The number of nitrogens with zero attached hydrogens (tertiary/aromatic N) is 4. The number of hydrogen-bond donors (Lipinski definition) is 2. The van der Waals surface area contributed by atoms with Gasteiger partial charge in [-0.3, -0.25) is 9.78 Å². The van der Waals surface area contributed by atoms with Gasteiger partial charge in [-0.1, -0.05) is 25.1 Å². The van der Waals surface area contributed by atoms with E-state index >= 15 is 0 Å². The molecule has 10 nitrogen and oxygen atoms in total. The first-order valence-electron chi connectivity index (χ1n) is 11.5. The topological polar surface area (TPSA) is 138 Å². The standard InChI is InChI=1S/C24H29N5O5S/c1-3-21-15-29(35(32,33)23-13-25-9-8-22(23)34-21)14-19-10-17(5-4-16(19)2)18(11-24(30)31)6-7-20-12-26-28-27-20/h4-5,8-10,12-13,18,21H,3,6-7,11,14-15H2,1-2H3,(H,30,31)(H,26,27,28)/t18?,21-/m1/s1. The lowest BCUT2D eigenvalue weighted by Gasteiger charge is -2.24. The summed E-state index contributed by atoms with van der Waals surface area (Å²) >= 11 is 0. The number of sulfonamides is 1. The summed E-state index contributed by atoms with van der Waals surface area (Å²) < 4.78 is 34.4. The van der Waals surface area contributed by atoms with Gasteiger partial charge in [0.25, 0.3) is 0 Å². The third-order valence-electron chi connectivity index (χ3n) is 6.35. The molecule has 0 spiro atoms. The molecule has 0 bridgehead atoms. The van der Waals surface area contributed by atoms with Crippen molar-refractivity contribution in [1.82, 2.24) is 24.7 Å². The molecule has 0 saturated carbocycles. The van der Waals surface area contributed by atoms with Gasteiger partial charge in [0.1, 0.15) is 16.7 Å². The Morgan fingerprint density at radius 2 is 2.14 bits per heavy atom. The molecule has 0 radical (unpaired) electrons. The number of nitrogens with one attached hydrogen (secondary N) is 1. The normalized spacial score (nSPS) is 18.3. The minimum absolute atomic E-state index is 0.0346. The molecule has 2 aromatic heterocycles. The number of carbonyl (C=O) groups is 1. The van der Waals surface area contributed by atoms with Crippen LogP contribution >= 0.6 is 0 Å². The number of ether oxygens (including phenoxy) is 1. The summed E-state index contributed by atoms with van der Waals surface area (Å²) in [5.41, 5.74) is 3.37. The Bertz CT molecular complexity index is 1280. The Kier molecular flexibility index (Phi) is 7.46. The molecule has 3 aromatic rings. The largest absolute Gasteiger partial charge is 0.488 e. The van der Waals surface area contributed by atoms with Crippen LogP contribution in [0.1, 0.15) is 54.5 Å². The number of carboxylic acids is 1. The second-order valence-electron chi connectivity index (χ2n) is 8.75. The number of benzene rings is 1. The maximum absolute atomic E-state index is 13.5. The zero-order valence-electron chi connectivity index (χ0n) is 19.7. The van der Waals surface area contributed by atoms with Gasteiger partial charge in [-0.15, -0.1) is 0 Å². The predicted octanol–water partition coefficient (Wildman–Crippen LogP) is 3.06. The van der Waals surface area contributed by atoms with Crippen LogP contribution in [-0.4, -0.2) is 56.8 Å². The lowest BCUT2D eigenvalue weighted by atomic mass is 9.88. The molecule has 35 heavy (non-hydrogen) atoms. The van der Waals surface area contributed by atoms with Crippen LogP contribution in [0.3, 0.4) is 0 Å². The average Bonchev–Trinajstić information content (AvgIpc) is 3.32. The van der Waals surface area contributed by atoms with Crippen LogP contribution in [0, 0.1) is 6.92 Å². The van der Waals surface area contributed by atoms with E-state index in [-0.39, 0.29) is 36.4 Å². The van der Waals surface area contributed by atoms with E-state index in [9.17, 15) is 18.3 Å². The summed E-state index contributed by atoms with van der Waals surface area (Å²) in [6.45, 7) is 4.24. The van der Waals surface area contributed by atoms with Crippen molar-refractivity contribution in [1.29, 1.82) is 0 Å². The van der Waals surface area contributed by atoms with Gasteiger partial charge < -0.3 is 9.84 Å². The van der Waals surface area contributed by atoms with Crippen LogP contribution in [0.15, 0.2) is 47.8 Å². The minimum Gasteiger partial charge on any atom is -0.488 e. The number of pyridine rings is 1. The van der Waals surface area contributed by atoms with Crippen molar-refractivity contribution < 1.29 is 23.1 Å². The van der Waals surface area contributed by atoms with Crippen LogP contribution in [0.25, 0.3) is 0 Å². The van der Waals surface area contributed by atoms with E-state index in [4.69, 9.17) is 4.74 Å². The molecule has 1 unspecified atom stereocenters. The van der Waals surface area contributed by atoms with Crippen molar-refractivity contribution in [3.05, 3.63) is 65.2 Å². The quantitative estimate of drug-likeness (QED) is 0.458. The molecule has 3 heterocycles. The van der Waals surface area contributed by atoms with Gasteiger partial charge in [0, 0.05) is 12.7 Å². The van der Waals surface area contributed by atoms with Gasteiger partial charge in [-0.2, -0.15) is 19.7 Å². The summed E-state index contributed by atoms with van der Waals surface area (Å²) in [5.74, 6) is -0.824. The molecule has 0 saturated heterocycles. The third-order valence-corrected chi connectivity index (χ3v) is 8.17. The first-order chi connectivity index (χ1) is 16.8. The van der Waals surface area contributed by atoms with Crippen LogP contribution in [0.2, 0.25) is 0 Å². The Labute approximate surface area is 204 Å². The highest BCUT2D eigenvalue weighted by atomic mass is 32.2. The summed E-state index contributed by atoms with van der Waals surface area (Å²) in [7, 11) is -3.84. The van der Waals surface area contributed by atoms with Gasteiger partial charge in [-0.05, 0) is 54.9 Å². The van der Waals surface area contributed by atoms with Crippen molar-refractivity contribution >= 4 is 16.0 Å². The molecule has 0 amide bonds. The van der Waals surface area contributed by atoms with E-state index in [2.05, 4.69) is 20.4 Å². The number of aryl methyl sites for hydroxylation is 2. The van der Waals surface area contributed by atoms with Crippen molar-refractivity contribution in [3.63, 3.8) is 0 Å². The van der Waals surface area contributed by atoms with Crippen molar-refractivity contribution in [2.75, 3.05) is 6.54 Å². The highest BCUT2D eigenvalue weighted by Crippen LogP contribution is 2.33. The van der Waals surface area contributed by atoms with Gasteiger partial charge in [0.05, 0.1) is 31.1 Å². The van der Waals surface area contributed by atoms with Gasteiger partial charge >= 0.3 is 5.97 Å². The Balaban J connectivity index is 1.64. The molecule has 186 valence electrons. The van der Waals surface area contributed by atoms with Gasteiger partial charge in [-0.25, -0.2) is 8.42 Å². The minimum atomic E-state index is -3.84. The number of aromatic amines is 1. The smallest absolute Gasteiger partial charge is 0.303 e. The number of rotatable bonds is 9. The second-order valence-corrected chi connectivity index (χ2v) is 10.7. The maximum atomic E-state index is 13.5. The third kappa shape index (κ3) is 5.68. The van der Waals surface area contributed by atoms with E-state index < -0.39 is 16.0 Å². The fraction of sp³-hybridized carbons (Fsp3) is 0.417. The Morgan fingerprint density at radius 3 is 2.86 bits per heavy atom. The lowest BCUT2D eigenvalue weighted by molar-refractivity contribution is -0.137. The monoisotopic (exact) mass is 499 g/mol. The first kappa shape index (κ1) is 24.8. The van der Waals surface area contributed by atoms with Crippen LogP contribution in [0.5, 0.6) is 5.75 Å². The highest BCUT2D eigenvalue weighted by molar-refractivity contribution is 7.89. The summed E-state index contributed by atoms with van der Waals surface area (Å²) in [4.78, 5) is 15.6. The molecule has 1 aromatic carbocycles. The first-order valence-corrected chi connectivity index (χ1v) is 13.0. The molecule has 4 rings (SSSR count).